The van der Waals surface area contributed by atoms with Gasteiger partial charge in [-0.05, 0) is 39.0 Å². The van der Waals surface area contributed by atoms with Gasteiger partial charge in [-0.1, -0.05) is 17.7 Å². The maximum Gasteiger partial charge on any atom is 0.407 e. The number of rotatable bonds is 7. The van der Waals surface area contributed by atoms with Gasteiger partial charge in [-0.3, -0.25) is 4.99 Å². The fourth-order valence-electron chi connectivity index (χ4n) is 1.78. The van der Waals surface area contributed by atoms with Crippen LogP contribution in [-0.2, 0) is 4.74 Å². The molecule has 1 amide bonds. The van der Waals surface area contributed by atoms with E-state index in [4.69, 9.17) is 21.1 Å². The van der Waals surface area contributed by atoms with Crippen molar-refractivity contribution in [2.75, 3.05) is 33.3 Å². The third-order valence-corrected chi connectivity index (χ3v) is 3.00. The summed E-state index contributed by atoms with van der Waals surface area (Å²) in [6.45, 7) is 7.46. The summed E-state index contributed by atoms with van der Waals surface area (Å²) in [5.74, 6) is 1.35. The van der Waals surface area contributed by atoms with Crippen LogP contribution in [0.1, 0.15) is 20.8 Å². The molecule has 3 N–H and O–H groups in total. The second kappa shape index (κ2) is 10.7. The van der Waals surface area contributed by atoms with Crippen molar-refractivity contribution in [3.63, 3.8) is 0 Å². The topological polar surface area (TPSA) is 84.0 Å². The van der Waals surface area contributed by atoms with Crippen LogP contribution in [0.3, 0.4) is 0 Å². The summed E-state index contributed by atoms with van der Waals surface area (Å²) in [6, 6.07) is 7.24. The molecule has 1 aromatic rings. The van der Waals surface area contributed by atoms with Crippen molar-refractivity contribution in [2.24, 2.45) is 4.99 Å². The number of hydrogen-bond acceptors (Lipinski definition) is 4. The van der Waals surface area contributed by atoms with Crippen LogP contribution in [0, 0.1) is 0 Å². The number of carbonyl (C=O) groups excluding carboxylic acids is 1. The lowest BCUT2D eigenvalue weighted by Crippen LogP contribution is -2.43. The van der Waals surface area contributed by atoms with Crippen molar-refractivity contribution in [2.45, 2.75) is 26.4 Å². The maximum atomic E-state index is 11.5. The number of ether oxygens (including phenoxy) is 2. The molecule has 0 heterocycles. The zero-order valence-corrected chi connectivity index (χ0v) is 15.9. The fourth-order valence-corrected chi connectivity index (χ4v) is 1.96. The van der Waals surface area contributed by atoms with Crippen molar-refractivity contribution >= 4 is 23.7 Å². The molecule has 0 radical (unpaired) electrons. The van der Waals surface area contributed by atoms with Crippen LogP contribution in [0.2, 0.25) is 5.02 Å². The number of guanidine groups is 1. The molecule has 1 aromatic carbocycles. The molecule has 0 aliphatic carbocycles. The monoisotopic (exact) mass is 370 g/mol. The Hall–Kier alpha value is -2.15. The summed E-state index contributed by atoms with van der Waals surface area (Å²) in [4.78, 5) is 15.6. The Bertz CT molecular complexity index is 573. The maximum absolute atomic E-state index is 11.5. The highest BCUT2D eigenvalue weighted by molar-refractivity contribution is 6.30. The highest BCUT2D eigenvalue weighted by Crippen LogP contribution is 2.16. The first-order valence-corrected chi connectivity index (χ1v) is 8.47. The van der Waals surface area contributed by atoms with E-state index >= 15 is 0 Å². The van der Waals surface area contributed by atoms with Crippen molar-refractivity contribution in [1.82, 2.24) is 16.0 Å². The molecule has 0 saturated heterocycles. The molecule has 0 aliphatic rings. The van der Waals surface area contributed by atoms with Crippen molar-refractivity contribution in [3.05, 3.63) is 29.3 Å². The van der Waals surface area contributed by atoms with Crippen molar-refractivity contribution in [3.8, 4) is 5.75 Å². The van der Waals surface area contributed by atoms with Gasteiger partial charge in [0.25, 0.3) is 0 Å². The standard InChI is InChI=1S/C17H27ClN4O3/c1-17(2,3)25-16(23)22-9-8-20-15(19-4)21-10-11-24-14-7-5-6-13(18)12-14/h5-7,12H,8-11H2,1-4H3,(H,22,23)(H2,19,20,21). The Morgan fingerprint density at radius 2 is 1.84 bits per heavy atom. The average molecular weight is 371 g/mol. The Morgan fingerprint density at radius 1 is 1.16 bits per heavy atom. The van der Waals surface area contributed by atoms with Gasteiger partial charge < -0.3 is 25.4 Å². The lowest BCUT2D eigenvalue weighted by atomic mass is 10.2. The van der Waals surface area contributed by atoms with E-state index in [0.29, 0.717) is 37.2 Å². The minimum atomic E-state index is -0.502. The molecule has 0 spiro atoms. The Morgan fingerprint density at radius 3 is 2.48 bits per heavy atom. The summed E-state index contributed by atoms with van der Waals surface area (Å²) >= 11 is 5.90. The van der Waals surface area contributed by atoms with Crippen LogP contribution >= 0.6 is 11.6 Å². The summed E-state index contributed by atoms with van der Waals surface area (Å²) < 4.78 is 10.7. The highest BCUT2D eigenvalue weighted by Gasteiger charge is 2.15. The predicted octanol–water partition coefficient (Wildman–Crippen LogP) is 2.41. The summed E-state index contributed by atoms with van der Waals surface area (Å²) in [5.41, 5.74) is -0.502. The van der Waals surface area contributed by atoms with Crippen LogP contribution in [0.5, 0.6) is 5.75 Å². The molecule has 0 bridgehead atoms. The van der Waals surface area contributed by atoms with Gasteiger partial charge in [0, 0.05) is 25.2 Å². The third-order valence-electron chi connectivity index (χ3n) is 2.77. The zero-order chi connectivity index (χ0) is 18.7. The summed E-state index contributed by atoms with van der Waals surface area (Å²) in [6.07, 6.45) is -0.438. The molecule has 1 rings (SSSR count). The van der Waals surface area contributed by atoms with E-state index in [1.807, 2.05) is 32.9 Å². The second-order valence-electron chi connectivity index (χ2n) is 6.16. The van der Waals surface area contributed by atoms with Gasteiger partial charge in [0.15, 0.2) is 5.96 Å². The molecule has 8 heteroatoms. The zero-order valence-electron chi connectivity index (χ0n) is 15.2. The van der Waals surface area contributed by atoms with Gasteiger partial charge in [0.1, 0.15) is 18.0 Å². The van der Waals surface area contributed by atoms with Gasteiger partial charge >= 0.3 is 6.09 Å². The highest BCUT2D eigenvalue weighted by atomic mass is 35.5. The third kappa shape index (κ3) is 10.3. The van der Waals surface area contributed by atoms with Gasteiger partial charge in [-0.15, -0.1) is 0 Å². The molecule has 7 nitrogen and oxygen atoms in total. The van der Waals surface area contributed by atoms with Crippen molar-refractivity contribution < 1.29 is 14.3 Å². The Balaban J connectivity index is 2.15. The lowest BCUT2D eigenvalue weighted by Gasteiger charge is -2.19. The number of aliphatic imine (C=N–C) groups is 1. The first kappa shape index (κ1) is 20.9. The number of benzene rings is 1. The fraction of sp³-hybridized carbons (Fsp3) is 0.529. The van der Waals surface area contributed by atoms with Crippen LogP contribution in [0.4, 0.5) is 4.79 Å². The van der Waals surface area contributed by atoms with Crippen LogP contribution in [0.15, 0.2) is 29.3 Å². The molecule has 0 unspecified atom stereocenters. The van der Waals surface area contributed by atoms with E-state index in [2.05, 4.69) is 20.9 Å². The van der Waals surface area contributed by atoms with E-state index in [-0.39, 0.29) is 0 Å². The van der Waals surface area contributed by atoms with Gasteiger partial charge in [0.05, 0.1) is 6.54 Å². The van der Waals surface area contributed by atoms with E-state index in [1.165, 1.54) is 0 Å². The average Bonchev–Trinajstić information content (AvgIpc) is 2.51. The van der Waals surface area contributed by atoms with Gasteiger partial charge in [-0.25, -0.2) is 4.79 Å². The Labute approximate surface area is 154 Å². The number of nitrogens with one attached hydrogen (secondary N) is 3. The molecule has 0 fully saturated rings. The second-order valence-corrected chi connectivity index (χ2v) is 6.60. The van der Waals surface area contributed by atoms with E-state index in [9.17, 15) is 4.79 Å². The summed E-state index contributed by atoms with van der Waals surface area (Å²) in [7, 11) is 1.68. The first-order valence-electron chi connectivity index (χ1n) is 8.10. The molecular weight excluding hydrogens is 344 g/mol. The van der Waals surface area contributed by atoms with Crippen LogP contribution < -0.4 is 20.7 Å². The molecule has 25 heavy (non-hydrogen) atoms. The quantitative estimate of drug-likeness (QED) is 0.390. The van der Waals surface area contributed by atoms with E-state index in [1.54, 1.807) is 19.2 Å². The largest absolute Gasteiger partial charge is 0.492 e. The van der Waals surface area contributed by atoms with E-state index in [0.717, 1.165) is 5.75 Å². The number of amides is 1. The van der Waals surface area contributed by atoms with Crippen LogP contribution in [-0.4, -0.2) is 50.9 Å². The lowest BCUT2D eigenvalue weighted by molar-refractivity contribution is 0.0529. The molecule has 140 valence electrons. The molecule has 0 aliphatic heterocycles. The smallest absolute Gasteiger partial charge is 0.407 e. The molecular formula is C17H27ClN4O3. The molecule has 0 atom stereocenters. The van der Waals surface area contributed by atoms with E-state index < -0.39 is 11.7 Å². The van der Waals surface area contributed by atoms with Gasteiger partial charge in [0.2, 0.25) is 0 Å². The molecule has 0 saturated carbocycles. The normalized spacial score (nSPS) is 11.6. The minimum Gasteiger partial charge on any atom is -0.492 e. The minimum absolute atomic E-state index is 0.425. The van der Waals surface area contributed by atoms with Crippen LogP contribution in [0.25, 0.3) is 0 Å². The Kier molecular flexibility index (Phi) is 8.91. The van der Waals surface area contributed by atoms with Gasteiger partial charge in [-0.2, -0.15) is 0 Å². The summed E-state index contributed by atoms with van der Waals surface area (Å²) in [5, 5.41) is 9.51. The molecule has 0 aromatic heterocycles. The number of alkyl carbamates (subject to hydrolysis) is 1. The first-order chi connectivity index (χ1) is 11.8. The number of nitrogens with zero attached hydrogens (tertiary/aromatic N) is 1. The number of carbonyl (C=O) groups is 1. The number of halogens is 1. The van der Waals surface area contributed by atoms with Crippen molar-refractivity contribution in [1.29, 1.82) is 0 Å². The number of hydrogen-bond donors (Lipinski definition) is 3. The predicted molar refractivity (Wildman–Crippen MR) is 101 cm³/mol. The SMILES string of the molecule is CN=C(NCCNC(=O)OC(C)(C)C)NCCOc1cccc(Cl)c1.